The van der Waals surface area contributed by atoms with Crippen LogP contribution in [0.1, 0.15) is 50.8 Å². The Hall–Kier alpha value is -2.66. The second-order valence-electron chi connectivity index (χ2n) is 12.5. The second-order valence-corrected chi connectivity index (χ2v) is 14.4. The smallest absolute Gasteiger partial charge is 0.263 e. The fraction of sp³-hybridized carbons (Fsp3) is 0.485. The first-order valence-corrected chi connectivity index (χ1v) is 17.0. The molecule has 0 aliphatic carbocycles. The lowest BCUT2D eigenvalue weighted by Crippen LogP contribution is -2.55. The standard InChI is InChI=1S/C33H37Cl2F2N5O2S/c1-20(2)27-28(31(44)41-14-4-5-25(41)30(43)40-17-15-39(16-18-40)19-26(36)37)45-32-38-33(3,22-8-12-24(35)13-9-22)29(42(27)32)21-6-10-23(34)11-7-21/h6-13,20,25-26,29H,4-5,14-19H2,1-3H3. The van der Waals surface area contributed by atoms with E-state index in [2.05, 4.69) is 25.7 Å². The summed E-state index contributed by atoms with van der Waals surface area (Å²) in [6.07, 6.45) is -1.08. The molecule has 0 saturated carbocycles. The van der Waals surface area contributed by atoms with E-state index in [1.54, 1.807) is 14.7 Å². The third-order valence-corrected chi connectivity index (χ3v) is 10.8. The van der Waals surface area contributed by atoms with Gasteiger partial charge in [-0.05, 0) is 72.8 Å². The van der Waals surface area contributed by atoms with Gasteiger partial charge < -0.3 is 14.7 Å². The van der Waals surface area contributed by atoms with Gasteiger partial charge in [0.1, 0.15) is 16.5 Å². The lowest BCUT2D eigenvalue weighted by Gasteiger charge is -2.38. The summed E-state index contributed by atoms with van der Waals surface area (Å²) >= 11 is 13.9. The minimum atomic E-state index is -2.40. The van der Waals surface area contributed by atoms with Gasteiger partial charge in [0.25, 0.3) is 12.3 Å². The van der Waals surface area contributed by atoms with Crippen molar-refractivity contribution in [2.45, 2.75) is 57.7 Å². The molecular weight excluding hydrogens is 639 g/mol. The highest BCUT2D eigenvalue weighted by molar-refractivity contribution is 8.18. The molecule has 0 N–H and O–H groups in total. The summed E-state index contributed by atoms with van der Waals surface area (Å²) in [7, 11) is 0. The van der Waals surface area contributed by atoms with Gasteiger partial charge in [0.2, 0.25) is 5.91 Å². The minimum Gasteiger partial charge on any atom is -0.338 e. The summed E-state index contributed by atoms with van der Waals surface area (Å²) in [6, 6.07) is 14.7. The maximum Gasteiger partial charge on any atom is 0.263 e. The van der Waals surface area contributed by atoms with E-state index in [0.717, 1.165) is 28.4 Å². The highest BCUT2D eigenvalue weighted by Gasteiger charge is 2.54. The Bertz CT molecular complexity index is 1510. The fourth-order valence-corrected chi connectivity index (χ4v) is 8.63. The second kappa shape index (κ2) is 12.9. The van der Waals surface area contributed by atoms with E-state index in [4.69, 9.17) is 28.2 Å². The maximum atomic E-state index is 14.4. The molecule has 7 nitrogen and oxygen atoms in total. The molecule has 4 aliphatic heterocycles. The van der Waals surface area contributed by atoms with Crippen LogP contribution in [0.25, 0.3) is 0 Å². The van der Waals surface area contributed by atoms with Crippen molar-refractivity contribution in [3.63, 3.8) is 0 Å². The van der Waals surface area contributed by atoms with Crippen LogP contribution in [-0.2, 0) is 15.1 Å². The number of nitrogens with zero attached hydrogens (tertiary/aromatic N) is 5. The van der Waals surface area contributed by atoms with Crippen molar-refractivity contribution in [2.24, 2.45) is 10.9 Å². The largest absolute Gasteiger partial charge is 0.338 e. The van der Waals surface area contributed by atoms with Gasteiger partial charge in [-0.25, -0.2) is 13.8 Å². The van der Waals surface area contributed by atoms with E-state index in [0.29, 0.717) is 54.1 Å². The molecule has 0 radical (unpaired) electrons. The van der Waals surface area contributed by atoms with E-state index in [9.17, 15) is 18.4 Å². The summed E-state index contributed by atoms with van der Waals surface area (Å²) in [5.41, 5.74) is 2.24. The van der Waals surface area contributed by atoms with Crippen LogP contribution in [0.4, 0.5) is 8.78 Å². The quantitative estimate of drug-likeness (QED) is 0.330. The Morgan fingerprint density at radius 2 is 1.60 bits per heavy atom. The molecule has 45 heavy (non-hydrogen) atoms. The predicted octanol–water partition coefficient (Wildman–Crippen LogP) is 6.64. The minimum absolute atomic E-state index is 0.00816. The van der Waals surface area contributed by atoms with Crippen molar-refractivity contribution in [3.05, 3.63) is 80.3 Å². The number of hydrogen-bond acceptors (Lipinski definition) is 6. The molecule has 4 aliphatic rings. The number of carbonyl (C=O) groups excluding carboxylic acids is 2. The number of allylic oxidation sites excluding steroid dienone is 1. The monoisotopic (exact) mass is 675 g/mol. The molecule has 2 saturated heterocycles. The van der Waals surface area contributed by atoms with Gasteiger partial charge in [0, 0.05) is 48.5 Å². The Morgan fingerprint density at radius 1 is 0.978 bits per heavy atom. The first-order chi connectivity index (χ1) is 21.5. The maximum absolute atomic E-state index is 14.4. The molecule has 3 atom stereocenters. The topological polar surface area (TPSA) is 59.5 Å². The van der Waals surface area contributed by atoms with E-state index < -0.39 is 18.0 Å². The molecule has 6 rings (SSSR count). The SMILES string of the molecule is CC(C)C1=C(C(=O)N2CCCC2C(=O)N2CCN(CC(F)F)CC2)SC2=NC(C)(c3ccc(Cl)cc3)C(c3ccc(Cl)cc3)N21. The number of fused-ring (bicyclic) bond motifs is 1. The predicted molar refractivity (Wildman–Crippen MR) is 175 cm³/mol. The molecule has 240 valence electrons. The van der Waals surface area contributed by atoms with Gasteiger partial charge in [-0.3, -0.25) is 14.5 Å². The zero-order chi connectivity index (χ0) is 32.0. The van der Waals surface area contributed by atoms with Crippen molar-refractivity contribution in [1.82, 2.24) is 19.6 Å². The van der Waals surface area contributed by atoms with Crippen LogP contribution in [0.15, 0.2) is 64.1 Å². The van der Waals surface area contributed by atoms with E-state index in [1.165, 1.54) is 11.8 Å². The van der Waals surface area contributed by atoms with Crippen LogP contribution in [0.2, 0.25) is 10.0 Å². The summed E-state index contributed by atoms with van der Waals surface area (Å²) in [4.78, 5) is 41.3. The zero-order valence-corrected chi connectivity index (χ0v) is 27.9. The molecule has 4 heterocycles. The van der Waals surface area contributed by atoms with E-state index in [-0.39, 0.29) is 30.3 Å². The number of piperazine rings is 1. The first-order valence-electron chi connectivity index (χ1n) is 15.4. The third-order valence-electron chi connectivity index (χ3n) is 9.24. The average molecular weight is 677 g/mol. The lowest BCUT2D eigenvalue weighted by molar-refractivity contribution is -0.143. The van der Waals surface area contributed by atoms with Gasteiger partial charge in [-0.1, -0.05) is 61.3 Å². The summed E-state index contributed by atoms with van der Waals surface area (Å²) in [5.74, 6) is -0.262. The third kappa shape index (κ3) is 6.11. The van der Waals surface area contributed by atoms with E-state index in [1.807, 2.05) is 48.5 Å². The number of halogens is 4. The van der Waals surface area contributed by atoms with Crippen LogP contribution < -0.4 is 0 Å². The number of amides is 2. The Morgan fingerprint density at radius 3 is 2.20 bits per heavy atom. The van der Waals surface area contributed by atoms with E-state index >= 15 is 0 Å². The molecule has 2 aromatic carbocycles. The summed E-state index contributed by atoms with van der Waals surface area (Å²) < 4.78 is 25.7. The molecule has 2 amide bonds. The molecule has 12 heteroatoms. The molecular formula is C33H37Cl2F2N5O2S. The zero-order valence-electron chi connectivity index (χ0n) is 25.6. The van der Waals surface area contributed by atoms with Crippen LogP contribution >= 0.6 is 35.0 Å². The van der Waals surface area contributed by atoms with Crippen molar-refractivity contribution in [1.29, 1.82) is 0 Å². The molecule has 2 aromatic rings. The normalized spacial score (nSPS) is 25.5. The number of benzene rings is 2. The van der Waals surface area contributed by atoms with Crippen molar-refractivity contribution in [3.8, 4) is 0 Å². The molecule has 0 aromatic heterocycles. The van der Waals surface area contributed by atoms with Crippen molar-refractivity contribution < 1.29 is 18.4 Å². The molecule has 2 fully saturated rings. The number of likely N-dealkylation sites (tertiary alicyclic amines) is 1. The number of carbonyl (C=O) groups is 2. The van der Waals surface area contributed by atoms with Crippen LogP contribution in [0, 0.1) is 5.92 Å². The van der Waals surface area contributed by atoms with Crippen molar-refractivity contribution >= 4 is 51.9 Å². The molecule has 3 unspecified atom stereocenters. The Kier molecular flexibility index (Phi) is 9.22. The number of rotatable bonds is 7. The van der Waals surface area contributed by atoms with Gasteiger partial charge in [-0.2, -0.15) is 0 Å². The van der Waals surface area contributed by atoms with Gasteiger partial charge in [-0.15, -0.1) is 0 Å². The average Bonchev–Trinajstić information content (AvgIpc) is 3.70. The molecule has 0 spiro atoms. The summed E-state index contributed by atoms with van der Waals surface area (Å²) in [6.45, 7) is 8.05. The summed E-state index contributed by atoms with van der Waals surface area (Å²) in [5, 5.41) is 2.03. The highest BCUT2D eigenvalue weighted by atomic mass is 35.5. The van der Waals surface area contributed by atoms with Crippen LogP contribution in [0.5, 0.6) is 0 Å². The highest BCUT2D eigenvalue weighted by Crippen LogP contribution is 2.56. The van der Waals surface area contributed by atoms with Gasteiger partial charge in [0.05, 0.1) is 12.6 Å². The lowest BCUT2D eigenvalue weighted by atomic mass is 9.81. The Balaban J connectivity index is 1.31. The number of hydrogen-bond donors (Lipinski definition) is 0. The van der Waals surface area contributed by atoms with Gasteiger partial charge in [0.15, 0.2) is 5.17 Å². The van der Waals surface area contributed by atoms with Crippen molar-refractivity contribution in [2.75, 3.05) is 39.3 Å². The Labute approximate surface area is 277 Å². The molecule has 0 bridgehead atoms. The number of amidine groups is 1. The van der Waals surface area contributed by atoms with Crippen LogP contribution in [-0.4, -0.2) is 88.3 Å². The number of alkyl halides is 2. The van der Waals surface area contributed by atoms with Crippen LogP contribution in [0.3, 0.4) is 0 Å². The first kappa shape index (κ1) is 32.3. The number of thioether (sulfide) groups is 1. The fourth-order valence-electron chi connectivity index (χ4n) is 7.02. The number of aliphatic imine (C=N–C) groups is 1. The van der Waals surface area contributed by atoms with Gasteiger partial charge >= 0.3 is 0 Å².